The summed E-state index contributed by atoms with van der Waals surface area (Å²) < 4.78 is 56.3. The molecule has 35 heavy (non-hydrogen) atoms. The Morgan fingerprint density at radius 1 is 0.629 bits per heavy atom. The highest BCUT2D eigenvalue weighted by atomic mass is 19.1. The zero-order valence-electron chi connectivity index (χ0n) is 18.1. The second kappa shape index (κ2) is 7.77. The van der Waals surface area contributed by atoms with E-state index in [0.29, 0.717) is 21.6 Å². The smallest absolute Gasteiger partial charge is 0.238 e. The highest BCUT2D eigenvalue weighted by Crippen LogP contribution is 2.59. The molecule has 2 bridgehead atoms. The van der Waals surface area contributed by atoms with Crippen LogP contribution in [0.3, 0.4) is 0 Å². The molecule has 2 aliphatic carbocycles. The van der Waals surface area contributed by atoms with Crippen molar-refractivity contribution in [1.29, 1.82) is 0 Å². The standard InChI is InChI=1S/C28H17F4NO2/c29-16-8-4-14(5-9-16)22(15-6-10-17(30)11-7-15)23-18-12-13-19(23)25-24(18)27(34)33(28(25)35)26-20(31)2-1-3-21(26)32/h1-13,18-19,24-25H/t18-,19-,24-,25+/m0/s1. The molecule has 2 amide bonds. The molecular formula is C28H17F4NO2. The molecule has 1 saturated carbocycles. The maximum atomic E-state index is 14.5. The van der Waals surface area contributed by atoms with Gasteiger partial charge in [-0.1, -0.05) is 42.5 Å². The van der Waals surface area contributed by atoms with E-state index in [-0.39, 0.29) is 0 Å². The predicted molar refractivity (Wildman–Crippen MR) is 121 cm³/mol. The summed E-state index contributed by atoms with van der Waals surface area (Å²) >= 11 is 0. The lowest BCUT2D eigenvalue weighted by molar-refractivity contribution is -0.123. The minimum atomic E-state index is -0.985. The minimum absolute atomic E-state index is 0.422. The van der Waals surface area contributed by atoms with Crippen LogP contribution in [0, 0.1) is 46.9 Å². The van der Waals surface area contributed by atoms with Gasteiger partial charge in [0.05, 0.1) is 11.8 Å². The van der Waals surface area contributed by atoms with E-state index in [0.717, 1.165) is 17.7 Å². The Morgan fingerprint density at radius 3 is 1.49 bits per heavy atom. The van der Waals surface area contributed by atoms with Crippen molar-refractivity contribution < 1.29 is 27.2 Å². The van der Waals surface area contributed by atoms with E-state index in [1.165, 1.54) is 30.3 Å². The number of fused-ring (bicyclic) bond motifs is 5. The quantitative estimate of drug-likeness (QED) is 0.278. The third-order valence-corrected chi connectivity index (χ3v) is 7.13. The van der Waals surface area contributed by atoms with E-state index >= 15 is 0 Å². The lowest BCUT2D eigenvalue weighted by atomic mass is 9.85. The molecule has 0 radical (unpaired) electrons. The monoisotopic (exact) mass is 475 g/mol. The summed E-state index contributed by atoms with van der Waals surface area (Å²) in [4.78, 5) is 27.5. The van der Waals surface area contributed by atoms with Crippen molar-refractivity contribution in [2.24, 2.45) is 23.7 Å². The van der Waals surface area contributed by atoms with Gasteiger partial charge in [-0.15, -0.1) is 0 Å². The summed E-state index contributed by atoms with van der Waals surface area (Å²) in [7, 11) is 0. The van der Waals surface area contributed by atoms with E-state index in [1.807, 2.05) is 12.2 Å². The van der Waals surface area contributed by atoms with Crippen LogP contribution in [0.5, 0.6) is 0 Å². The van der Waals surface area contributed by atoms with Crippen LogP contribution in [0.25, 0.3) is 5.57 Å². The molecule has 7 heteroatoms. The van der Waals surface area contributed by atoms with Crippen molar-refractivity contribution >= 4 is 23.1 Å². The van der Waals surface area contributed by atoms with Crippen LogP contribution in [0.4, 0.5) is 23.2 Å². The third kappa shape index (κ3) is 3.11. The SMILES string of the molecule is O=C1[C@@H]2[C@H](C(=O)N1c1c(F)cccc1F)[C@H]1C=C[C@H]2C1=C(c1ccc(F)cc1)c1ccc(F)cc1. The average Bonchev–Trinajstić information content (AvgIpc) is 3.47. The number of benzene rings is 3. The number of nitrogens with zero attached hydrogens (tertiary/aromatic N) is 1. The summed E-state index contributed by atoms with van der Waals surface area (Å²) in [6.07, 6.45) is 3.67. The van der Waals surface area contributed by atoms with Gasteiger partial charge in [-0.3, -0.25) is 9.59 Å². The Morgan fingerprint density at radius 2 is 1.06 bits per heavy atom. The van der Waals surface area contributed by atoms with Crippen molar-refractivity contribution in [2.75, 3.05) is 4.90 Å². The zero-order valence-corrected chi connectivity index (χ0v) is 18.1. The molecule has 174 valence electrons. The van der Waals surface area contributed by atoms with Crippen molar-refractivity contribution in [3.63, 3.8) is 0 Å². The Labute approximate surface area is 198 Å². The Kier molecular flexibility index (Phi) is 4.78. The van der Waals surface area contributed by atoms with Crippen LogP contribution < -0.4 is 4.90 Å². The molecule has 0 spiro atoms. The van der Waals surface area contributed by atoms with Gasteiger partial charge in [-0.2, -0.15) is 0 Å². The number of imide groups is 1. The zero-order chi connectivity index (χ0) is 24.4. The summed E-state index contributed by atoms with van der Waals surface area (Å²) in [5.41, 5.74) is 2.13. The highest BCUT2D eigenvalue weighted by molar-refractivity contribution is 6.23. The fourth-order valence-electron chi connectivity index (χ4n) is 5.75. The molecule has 3 nitrogen and oxygen atoms in total. The topological polar surface area (TPSA) is 37.4 Å². The molecule has 1 aliphatic heterocycles. The molecule has 1 saturated heterocycles. The second-order valence-electron chi connectivity index (χ2n) is 8.91. The number of anilines is 1. The van der Waals surface area contributed by atoms with Crippen molar-refractivity contribution in [3.05, 3.63) is 119 Å². The number of amides is 2. The number of allylic oxidation sites excluding steroid dienone is 3. The fourth-order valence-corrected chi connectivity index (χ4v) is 5.75. The van der Waals surface area contributed by atoms with Crippen LogP contribution >= 0.6 is 0 Å². The van der Waals surface area contributed by atoms with Crippen LogP contribution in [-0.2, 0) is 9.59 Å². The minimum Gasteiger partial charge on any atom is -0.274 e. The Hall–Kier alpha value is -4.00. The summed E-state index contributed by atoms with van der Waals surface area (Å²) in [5, 5.41) is 0. The summed E-state index contributed by atoms with van der Waals surface area (Å²) in [6, 6.07) is 14.8. The van der Waals surface area contributed by atoms with Crippen molar-refractivity contribution in [2.45, 2.75) is 0 Å². The van der Waals surface area contributed by atoms with Crippen molar-refractivity contribution in [3.8, 4) is 0 Å². The number of carbonyl (C=O) groups is 2. The first-order chi connectivity index (χ1) is 16.9. The number of carbonyl (C=O) groups excluding carboxylic acids is 2. The fraction of sp³-hybridized carbons (Fsp3) is 0.143. The summed E-state index contributed by atoms with van der Waals surface area (Å²) in [5.74, 6) is -6.75. The van der Waals surface area contributed by atoms with Gasteiger partial charge < -0.3 is 0 Å². The Bertz CT molecular complexity index is 1340. The number of hydrogen-bond donors (Lipinski definition) is 0. The van der Waals surface area contributed by atoms with Gasteiger partial charge in [-0.05, 0) is 58.7 Å². The normalized spacial score (nSPS) is 24.5. The molecular weight excluding hydrogens is 458 g/mol. The number of hydrogen-bond acceptors (Lipinski definition) is 2. The van der Waals surface area contributed by atoms with Gasteiger partial charge in [0.2, 0.25) is 11.8 Å². The number of para-hydroxylation sites is 1. The Balaban J connectivity index is 1.50. The maximum Gasteiger partial charge on any atom is 0.238 e. The van der Waals surface area contributed by atoms with Gasteiger partial charge >= 0.3 is 0 Å². The van der Waals surface area contributed by atoms with Crippen LogP contribution in [0.15, 0.2) is 84.5 Å². The van der Waals surface area contributed by atoms with Crippen LogP contribution in [-0.4, -0.2) is 11.8 Å². The van der Waals surface area contributed by atoms with E-state index in [2.05, 4.69) is 0 Å². The molecule has 4 atom stereocenters. The van der Waals surface area contributed by atoms with Gasteiger partial charge in [-0.25, -0.2) is 22.5 Å². The van der Waals surface area contributed by atoms with Crippen LogP contribution in [0.1, 0.15) is 11.1 Å². The lowest BCUT2D eigenvalue weighted by Gasteiger charge is -2.22. The van der Waals surface area contributed by atoms with E-state index in [4.69, 9.17) is 0 Å². The van der Waals surface area contributed by atoms with Crippen LogP contribution in [0.2, 0.25) is 0 Å². The van der Waals surface area contributed by atoms with Crippen molar-refractivity contribution in [1.82, 2.24) is 0 Å². The molecule has 3 aromatic carbocycles. The van der Waals surface area contributed by atoms with E-state index < -0.39 is 64.4 Å². The largest absolute Gasteiger partial charge is 0.274 e. The lowest BCUT2D eigenvalue weighted by Crippen LogP contribution is -2.34. The number of halogens is 4. The summed E-state index contributed by atoms with van der Waals surface area (Å²) in [6.45, 7) is 0. The molecule has 1 heterocycles. The first-order valence-electron chi connectivity index (χ1n) is 11.1. The molecule has 3 aliphatic rings. The highest BCUT2D eigenvalue weighted by Gasteiger charge is 2.63. The van der Waals surface area contributed by atoms with Gasteiger partial charge in [0.1, 0.15) is 29.0 Å². The first kappa shape index (κ1) is 21.5. The van der Waals surface area contributed by atoms with Gasteiger partial charge in [0, 0.05) is 11.8 Å². The second-order valence-corrected chi connectivity index (χ2v) is 8.91. The molecule has 0 unspecified atom stereocenters. The molecule has 0 aromatic heterocycles. The van der Waals surface area contributed by atoms with Gasteiger partial charge in [0.15, 0.2) is 0 Å². The van der Waals surface area contributed by atoms with Gasteiger partial charge in [0.25, 0.3) is 0 Å². The maximum absolute atomic E-state index is 14.5. The van der Waals surface area contributed by atoms with E-state index in [1.54, 1.807) is 24.3 Å². The van der Waals surface area contributed by atoms with E-state index in [9.17, 15) is 27.2 Å². The number of rotatable bonds is 3. The first-order valence-corrected chi connectivity index (χ1v) is 11.1. The predicted octanol–water partition coefficient (Wildman–Crippen LogP) is 5.67. The average molecular weight is 475 g/mol. The molecule has 3 aromatic rings. The molecule has 2 fully saturated rings. The molecule has 0 N–H and O–H groups in total. The third-order valence-electron chi connectivity index (χ3n) is 7.13. The molecule has 6 rings (SSSR count).